The van der Waals surface area contributed by atoms with Crippen molar-refractivity contribution in [3.63, 3.8) is 0 Å². The van der Waals surface area contributed by atoms with Crippen LogP contribution in [0.5, 0.6) is 0 Å². The SMILES string of the molecule is CCCC1CCC(CCC2=CN=C(c3ccc(C#N)cc3)N(Cl)C2)CC1. The van der Waals surface area contributed by atoms with Crippen molar-refractivity contribution in [1.82, 2.24) is 4.42 Å². The van der Waals surface area contributed by atoms with Gasteiger partial charge >= 0.3 is 0 Å². The van der Waals surface area contributed by atoms with Crippen LogP contribution in [-0.2, 0) is 0 Å². The molecule has 4 heteroatoms. The topological polar surface area (TPSA) is 39.4 Å². The first-order valence-electron chi connectivity index (χ1n) is 9.89. The highest BCUT2D eigenvalue weighted by atomic mass is 35.5. The van der Waals surface area contributed by atoms with Crippen molar-refractivity contribution in [2.24, 2.45) is 16.8 Å². The maximum atomic E-state index is 8.91. The van der Waals surface area contributed by atoms with Crippen molar-refractivity contribution in [2.45, 2.75) is 58.3 Å². The summed E-state index contributed by atoms with van der Waals surface area (Å²) in [6, 6.07) is 9.55. The van der Waals surface area contributed by atoms with Gasteiger partial charge in [-0.15, -0.1) is 0 Å². The summed E-state index contributed by atoms with van der Waals surface area (Å²) in [5, 5.41) is 8.91. The Bertz CT molecular complexity index is 691. The van der Waals surface area contributed by atoms with Gasteiger partial charge in [-0.25, -0.2) is 4.99 Å². The highest BCUT2D eigenvalue weighted by molar-refractivity contribution is 6.25. The molecule has 3 rings (SSSR count). The Morgan fingerprint density at radius 3 is 2.35 bits per heavy atom. The van der Waals surface area contributed by atoms with Crippen LogP contribution in [0.15, 0.2) is 41.0 Å². The Balaban J connectivity index is 1.53. The lowest BCUT2D eigenvalue weighted by Crippen LogP contribution is -2.27. The maximum absolute atomic E-state index is 8.91. The number of rotatable bonds is 6. The van der Waals surface area contributed by atoms with E-state index in [1.165, 1.54) is 50.5 Å². The molecule has 1 aromatic rings. The summed E-state index contributed by atoms with van der Waals surface area (Å²) in [4.78, 5) is 4.58. The van der Waals surface area contributed by atoms with Crippen LogP contribution < -0.4 is 0 Å². The fraction of sp³-hybridized carbons (Fsp3) is 0.545. The second-order valence-corrected chi connectivity index (χ2v) is 8.07. The lowest BCUT2D eigenvalue weighted by atomic mass is 9.78. The van der Waals surface area contributed by atoms with Gasteiger partial charge in [0.15, 0.2) is 5.84 Å². The maximum Gasteiger partial charge on any atom is 0.150 e. The number of hydrogen-bond acceptors (Lipinski definition) is 3. The summed E-state index contributed by atoms with van der Waals surface area (Å²) in [5.74, 6) is 2.61. The van der Waals surface area contributed by atoms with E-state index < -0.39 is 0 Å². The minimum Gasteiger partial charge on any atom is -0.264 e. The molecule has 138 valence electrons. The van der Waals surface area contributed by atoms with E-state index in [4.69, 9.17) is 17.0 Å². The van der Waals surface area contributed by atoms with Crippen LogP contribution in [0, 0.1) is 23.2 Å². The van der Waals surface area contributed by atoms with Gasteiger partial charge < -0.3 is 0 Å². The lowest BCUT2D eigenvalue weighted by molar-refractivity contribution is 0.251. The van der Waals surface area contributed by atoms with Crippen molar-refractivity contribution in [2.75, 3.05) is 6.54 Å². The molecule has 1 fully saturated rings. The molecule has 26 heavy (non-hydrogen) atoms. The molecule has 3 nitrogen and oxygen atoms in total. The standard InChI is InChI=1S/C22H28ClN3/c1-2-3-17-4-6-18(7-5-17)8-9-20-15-25-22(26(23)16-20)21-12-10-19(14-24)11-13-21/h10-13,15,17-18H,2-9,16H2,1H3. The summed E-state index contributed by atoms with van der Waals surface area (Å²) >= 11 is 6.46. The Morgan fingerprint density at radius 1 is 1.12 bits per heavy atom. The van der Waals surface area contributed by atoms with Crippen LogP contribution in [0.1, 0.15) is 69.4 Å². The quantitative estimate of drug-likeness (QED) is 0.573. The van der Waals surface area contributed by atoms with E-state index in [9.17, 15) is 0 Å². The van der Waals surface area contributed by atoms with Gasteiger partial charge in [0.05, 0.1) is 18.2 Å². The molecule has 1 aromatic carbocycles. The fourth-order valence-corrected chi connectivity index (χ4v) is 4.46. The molecule has 0 N–H and O–H groups in total. The van der Waals surface area contributed by atoms with Gasteiger partial charge in [-0.2, -0.15) is 5.26 Å². The molecule has 2 aliphatic rings. The number of aliphatic imine (C=N–C) groups is 1. The molecule has 1 heterocycles. The molecule has 0 spiro atoms. The Hall–Kier alpha value is -1.79. The zero-order valence-corrected chi connectivity index (χ0v) is 16.4. The Morgan fingerprint density at radius 2 is 1.77 bits per heavy atom. The highest BCUT2D eigenvalue weighted by Gasteiger charge is 2.22. The smallest absolute Gasteiger partial charge is 0.150 e. The van der Waals surface area contributed by atoms with Crippen molar-refractivity contribution in [3.8, 4) is 6.07 Å². The minimum atomic E-state index is 0.649. The first-order valence-corrected chi connectivity index (χ1v) is 10.2. The summed E-state index contributed by atoms with van der Waals surface area (Å²) < 4.78 is 1.70. The van der Waals surface area contributed by atoms with Gasteiger partial charge in [-0.1, -0.05) is 45.4 Å². The van der Waals surface area contributed by atoms with E-state index in [2.05, 4.69) is 18.0 Å². The molecule has 0 atom stereocenters. The molecular weight excluding hydrogens is 342 g/mol. The molecule has 0 bridgehead atoms. The monoisotopic (exact) mass is 369 g/mol. The minimum absolute atomic E-state index is 0.649. The van der Waals surface area contributed by atoms with Crippen LogP contribution in [0.3, 0.4) is 0 Å². The van der Waals surface area contributed by atoms with Crippen LogP contribution in [-0.4, -0.2) is 16.8 Å². The van der Waals surface area contributed by atoms with E-state index in [-0.39, 0.29) is 0 Å². The van der Waals surface area contributed by atoms with Crippen molar-refractivity contribution in [1.29, 1.82) is 5.26 Å². The van der Waals surface area contributed by atoms with Crippen LogP contribution in [0.25, 0.3) is 0 Å². The van der Waals surface area contributed by atoms with Crippen LogP contribution in [0.2, 0.25) is 0 Å². The van der Waals surface area contributed by atoms with E-state index in [1.54, 1.807) is 16.6 Å². The largest absolute Gasteiger partial charge is 0.264 e. The second kappa shape index (κ2) is 9.24. The van der Waals surface area contributed by atoms with E-state index in [1.807, 2.05) is 18.3 Å². The third-order valence-corrected chi connectivity index (χ3v) is 6.03. The number of halogens is 1. The van der Waals surface area contributed by atoms with Crippen molar-refractivity contribution < 1.29 is 0 Å². The predicted octanol–water partition coefficient (Wildman–Crippen LogP) is 6.04. The molecule has 0 amide bonds. The third-order valence-electron chi connectivity index (χ3n) is 5.75. The molecule has 0 unspecified atom stereocenters. The molecule has 0 saturated heterocycles. The lowest BCUT2D eigenvalue weighted by Gasteiger charge is -2.29. The molecule has 1 aliphatic heterocycles. The van der Waals surface area contributed by atoms with Gasteiger partial charge in [0, 0.05) is 23.5 Å². The van der Waals surface area contributed by atoms with Gasteiger partial charge in [-0.3, -0.25) is 4.42 Å². The first-order chi connectivity index (χ1) is 12.7. The van der Waals surface area contributed by atoms with Gasteiger partial charge in [0.2, 0.25) is 0 Å². The molecular formula is C22H28ClN3. The molecule has 1 aliphatic carbocycles. The summed E-state index contributed by atoms with van der Waals surface area (Å²) in [5.41, 5.74) is 2.91. The van der Waals surface area contributed by atoms with Gasteiger partial charge in [-0.05, 0) is 54.5 Å². The normalized spacial score (nSPS) is 23.2. The number of benzene rings is 1. The van der Waals surface area contributed by atoms with Crippen molar-refractivity contribution in [3.05, 3.63) is 47.2 Å². The van der Waals surface area contributed by atoms with Gasteiger partial charge in [0.1, 0.15) is 0 Å². The Kier molecular flexibility index (Phi) is 6.74. The highest BCUT2D eigenvalue weighted by Crippen LogP contribution is 2.34. The molecule has 0 radical (unpaired) electrons. The zero-order chi connectivity index (χ0) is 18.4. The number of nitrogens with zero attached hydrogens (tertiary/aromatic N) is 3. The van der Waals surface area contributed by atoms with E-state index in [0.29, 0.717) is 5.56 Å². The summed E-state index contributed by atoms with van der Waals surface area (Å²) in [6.07, 6.45) is 12.7. The second-order valence-electron chi connectivity index (χ2n) is 7.66. The average molecular weight is 370 g/mol. The number of nitriles is 1. The van der Waals surface area contributed by atoms with Crippen LogP contribution in [0.4, 0.5) is 0 Å². The van der Waals surface area contributed by atoms with E-state index in [0.717, 1.165) is 36.2 Å². The average Bonchev–Trinajstić information content (AvgIpc) is 2.68. The Labute approximate surface area is 162 Å². The molecule has 1 saturated carbocycles. The summed E-state index contributed by atoms with van der Waals surface area (Å²) in [7, 11) is 0. The summed E-state index contributed by atoms with van der Waals surface area (Å²) in [6.45, 7) is 3.03. The number of amidine groups is 1. The zero-order valence-electron chi connectivity index (χ0n) is 15.6. The number of hydrogen-bond donors (Lipinski definition) is 0. The fourth-order valence-electron chi connectivity index (χ4n) is 4.17. The predicted molar refractivity (Wildman–Crippen MR) is 108 cm³/mol. The van der Waals surface area contributed by atoms with E-state index >= 15 is 0 Å². The first kappa shape index (κ1) is 19.0. The third kappa shape index (κ3) is 4.89. The van der Waals surface area contributed by atoms with Crippen molar-refractivity contribution >= 4 is 17.6 Å². The molecule has 0 aromatic heterocycles. The van der Waals surface area contributed by atoms with Gasteiger partial charge in [0.25, 0.3) is 0 Å². The van der Waals surface area contributed by atoms with Crippen LogP contribution >= 0.6 is 11.8 Å².